The van der Waals surface area contributed by atoms with Crippen LogP contribution in [-0.4, -0.2) is 29.1 Å². The van der Waals surface area contributed by atoms with Gasteiger partial charge in [0.05, 0.1) is 35.9 Å². The molecule has 0 spiro atoms. The van der Waals surface area contributed by atoms with Crippen molar-refractivity contribution in [3.05, 3.63) is 76.8 Å². The lowest BCUT2D eigenvalue weighted by molar-refractivity contribution is -0.385. The standard InChI is InChI=1S/C22H19N5O4S/c1-30-19-12-6-11-18(20(19)31-2)25-21-22(24-17-10-4-3-9-16(17)23-21)26-32-15-8-5-7-14(13-15)27(28)29/h3-13H,1-2H3,(H,23,25)(H,24,26). The number of para-hydroxylation sites is 3. The van der Waals surface area contributed by atoms with Crippen LogP contribution >= 0.6 is 11.9 Å². The molecule has 0 radical (unpaired) electrons. The summed E-state index contributed by atoms with van der Waals surface area (Å²) in [5.41, 5.74) is 2.08. The molecular formula is C22H19N5O4S. The van der Waals surface area contributed by atoms with E-state index in [1.807, 2.05) is 36.4 Å². The Hall–Kier alpha value is -4.05. The molecule has 32 heavy (non-hydrogen) atoms. The molecule has 3 aromatic carbocycles. The fourth-order valence-electron chi connectivity index (χ4n) is 3.04. The first-order chi connectivity index (χ1) is 15.6. The Labute approximate surface area is 188 Å². The molecule has 10 heteroatoms. The van der Waals surface area contributed by atoms with E-state index in [4.69, 9.17) is 14.5 Å². The summed E-state index contributed by atoms with van der Waals surface area (Å²) in [5, 5.41) is 14.3. The summed E-state index contributed by atoms with van der Waals surface area (Å²) in [6, 6.07) is 19.3. The van der Waals surface area contributed by atoms with Crippen LogP contribution in [0.2, 0.25) is 0 Å². The molecule has 0 unspecified atom stereocenters. The lowest BCUT2D eigenvalue weighted by atomic mass is 10.2. The van der Waals surface area contributed by atoms with Crippen LogP contribution < -0.4 is 19.5 Å². The van der Waals surface area contributed by atoms with E-state index in [1.165, 1.54) is 24.1 Å². The number of rotatable bonds is 8. The summed E-state index contributed by atoms with van der Waals surface area (Å²) < 4.78 is 14.0. The van der Waals surface area contributed by atoms with Crippen LogP contribution in [0.1, 0.15) is 0 Å². The van der Waals surface area contributed by atoms with Crippen molar-refractivity contribution in [3.8, 4) is 11.5 Å². The maximum Gasteiger partial charge on any atom is 0.270 e. The predicted molar refractivity (Wildman–Crippen MR) is 125 cm³/mol. The number of ether oxygens (including phenoxy) is 2. The maximum atomic E-state index is 11.1. The van der Waals surface area contributed by atoms with E-state index in [0.717, 1.165) is 0 Å². The number of methoxy groups -OCH3 is 2. The minimum absolute atomic E-state index is 0.0147. The quantitative estimate of drug-likeness (QED) is 0.207. The summed E-state index contributed by atoms with van der Waals surface area (Å²) in [5.74, 6) is 2.03. The topological polar surface area (TPSA) is 111 Å². The molecule has 0 aliphatic rings. The molecule has 4 aromatic rings. The number of nitrogens with one attached hydrogen (secondary N) is 2. The van der Waals surface area contributed by atoms with Crippen molar-refractivity contribution < 1.29 is 14.4 Å². The highest BCUT2D eigenvalue weighted by molar-refractivity contribution is 8.00. The lowest BCUT2D eigenvalue weighted by Gasteiger charge is -2.16. The Morgan fingerprint density at radius 3 is 2.31 bits per heavy atom. The molecule has 0 fully saturated rings. The number of fused-ring (bicyclic) bond motifs is 1. The van der Waals surface area contributed by atoms with E-state index in [0.29, 0.717) is 44.8 Å². The van der Waals surface area contributed by atoms with Crippen molar-refractivity contribution in [1.82, 2.24) is 9.97 Å². The smallest absolute Gasteiger partial charge is 0.270 e. The summed E-state index contributed by atoms with van der Waals surface area (Å²) in [6.45, 7) is 0. The van der Waals surface area contributed by atoms with Gasteiger partial charge in [-0.3, -0.25) is 10.1 Å². The van der Waals surface area contributed by atoms with E-state index in [2.05, 4.69) is 15.0 Å². The Morgan fingerprint density at radius 2 is 1.62 bits per heavy atom. The van der Waals surface area contributed by atoms with E-state index < -0.39 is 4.92 Å². The Balaban J connectivity index is 1.70. The molecule has 2 N–H and O–H groups in total. The van der Waals surface area contributed by atoms with Crippen molar-refractivity contribution >= 4 is 46.0 Å². The normalized spacial score (nSPS) is 10.6. The highest BCUT2D eigenvalue weighted by Crippen LogP contribution is 2.38. The van der Waals surface area contributed by atoms with Crippen molar-refractivity contribution in [2.45, 2.75) is 4.90 Å². The summed E-state index contributed by atoms with van der Waals surface area (Å²) in [4.78, 5) is 20.7. The Kier molecular flexibility index (Phi) is 6.22. The molecule has 0 saturated heterocycles. The lowest BCUT2D eigenvalue weighted by Crippen LogP contribution is -2.04. The van der Waals surface area contributed by atoms with Gasteiger partial charge in [0.25, 0.3) is 5.69 Å². The van der Waals surface area contributed by atoms with Gasteiger partial charge in [0, 0.05) is 17.0 Å². The van der Waals surface area contributed by atoms with Gasteiger partial charge >= 0.3 is 0 Å². The molecule has 0 aliphatic carbocycles. The van der Waals surface area contributed by atoms with Crippen molar-refractivity contribution in [1.29, 1.82) is 0 Å². The fraction of sp³-hybridized carbons (Fsp3) is 0.0909. The number of aromatic nitrogens is 2. The van der Waals surface area contributed by atoms with Gasteiger partial charge < -0.3 is 19.5 Å². The van der Waals surface area contributed by atoms with Gasteiger partial charge in [0.15, 0.2) is 23.1 Å². The van der Waals surface area contributed by atoms with E-state index in [9.17, 15) is 10.1 Å². The highest BCUT2D eigenvalue weighted by Gasteiger charge is 2.15. The van der Waals surface area contributed by atoms with Gasteiger partial charge in [0.1, 0.15) is 0 Å². The van der Waals surface area contributed by atoms with Gasteiger partial charge in [0.2, 0.25) is 0 Å². The number of nitro benzene ring substituents is 1. The molecule has 1 aromatic heterocycles. The molecular weight excluding hydrogens is 430 g/mol. The first-order valence-corrected chi connectivity index (χ1v) is 10.3. The van der Waals surface area contributed by atoms with Crippen LogP contribution in [0.3, 0.4) is 0 Å². The minimum Gasteiger partial charge on any atom is -0.493 e. The summed E-state index contributed by atoms with van der Waals surface area (Å²) in [7, 11) is 3.13. The number of non-ortho nitro benzene ring substituents is 1. The SMILES string of the molecule is COc1cccc(Nc2nc3ccccc3nc2NSc2cccc([N+](=O)[O-])c2)c1OC. The van der Waals surface area contributed by atoms with Crippen LogP contribution in [0, 0.1) is 10.1 Å². The molecule has 4 rings (SSSR count). The maximum absolute atomic E-state index is 11.1. The second kappa shape index (κ2) is 9.40. The van der Waals surface area contributed by atoms with Crippen molar-refractivity contribution in [2.75, 3.05) is 24.3 Å². The number of hydrogen-bond acceptors (Lipinski definition) is 9. The molecule has 0 saturated carbocycles. The third-order valence-corrected chi connectivity index (χ3v) is 5.31. The predicted octanol–water partition coefficient (Wildman–Crippen LogP) is 5.42. The van der Waals surface area contributed by atoms with Crippen molar-refractivity contribution in [3.63, 3.8) is 0 Å². The van der Waals surface area contributed by atoms with Gasteiger partial charge in [-0.15, -0.1) is 0 Å². The molecule has 0 aliphatic heterocycles. The molecule has 0 amide bonds. The first-order valence-electron chi connectivity index (χ1n) is 9.51. The molecule has 1 heterocycles. The number of nitrogens with zero attached hydrogens (tertiary/aromatic N) is 3. The third-order valence-electron chi connectivity index (χ3n) is 4.52. The van der Waals surface area contributed by atoms with Crippen LogP contribution in [-0.2, 0) is 0 Å². The number of nitro groups is 1. The Morgan fingerprint density at radius 1 is 0.906 bits per heavy atom. The monoisotopic (exact) mass is 449 g/mol. The highest BCUT2D eigenvalue weighted by atomic mass is 32.2. The number of benzene rings is 3. The summed E-state index contributed by atoms with van der Waals surface area (Å²) in [6.07, 6.45) is 0. The second-order valence-electron chi connectivity index (χ2n) is 6.53. The molecule has 0 bridgehead atoms. The van der Waals surface area contributed by atoms with Crippen LogP contribution in [0.5, 0.6) is 11.5 Å². The fourth-order valence-corrected chi connectivity index (χ4v) is 3.72. The zero-order valence-electron chi connectivity index (χ0n) is 17.2. The van der Waals surface area contributed by atoms with E-state index in [1.54, 1.807) is 32.4 Å². The zero-order valence-corrected chi connectivity index (χ0v) is 18.1. The summed E-state index contributed by atoms with van der Waals surface area (Å²) >= 11 is 1.20. The average molecular weight is 449 g/mol. The first kappa shape index (κ1) is 21.2. The second-order valence-corrected chi connectivity index (χ2v) is 7.41. The van der Waals surface area contributed by atoms with Gasteiger partial charge in [-0.2, -0.15) is 0 Å². The molecule has 162 valence electrons. The van der Waals surface area contributed by atoms with Crippen molar-refractivity contribution in [2.24, 2.45) is 0 Å². The van der Waals surface area contributed by atoms with Gasteiger partial charge in [-0.25, -0.2) is 9.97 Å². The van der Waals surface area contributed by atoms with Crippen LogP contribution in [0.4, 0.5) is 23.0 Å². The van der Waals surface area contributed by atoms with Gasteiger partial charge in [-0.05, 0) is 42.3 Å². The number of hydrogen-bond donors (Lipinski definition) is 2. The average Bonchev–Trinajstić information content (AvgIpc) is 2.82. The van der Waals surface area contributed by atoms with Crippen LogP contribution in [0.15, 0.2) is 71.6 Å². The zero-order chi connectivity index (χ0) is 22.5. The van der Waals surface area contributed by atoms with E-state index in [-0.39, 0.29) is 5.69 Å². The molecule has 0 atom stereocenters. The van der Waals surface area contributed by atoms with Gasteiger partial charge in [-0.1, -0.05) is 24.3 Å². The largest absolute Gasteiger partial charge is 0.493 e. The Bertz CT molecular complexity index is 1280. The molecule has 9 nitrogen and oxygen atoms in total. The third kappa shape index (κ3) is 4.49. The minimum atomic E-state index is -0.429. The van der Waals surface area contributed by atoms with Crippen LogP contribution in [0.25, 0.3) is 11.0 Å². The van der Waals surface area contributed by atoms with E-state index >= 15 is 0 Å². The number of anilines is 3.